The molecule has 3 unspecified atom stereocenters. The largest absolute Gasteiger partial charge is 0.388 e. The summed E-state index contributed by atoms with van der Waals surface area (Å²) in [5, 5.41) is 9.62. The third-order valence-corrected chi connectivity index (χ3v) is 5.74. The molecule has 118 valence electrons. The van der Waals surface area contributed by atoms with Crippen molar-refractivity contribution in [3.05, 3.63) is 35.1 Å². The van der Waals surface area contributed by atoms with Crippen LogP contribution in [0.15, 0.2) is 12.1 Å². The van der Waals surface area contributed by atoms with E-state index in [4.69, 9.17) is 0 Å². The molecule has 0 heterocycles. The van der Waals surface area contributed by atoms with Crippen LogP contribution in [0.4, 0.5) is 13.2 Å². The van der Waals surface area contributed by atoms with Crippen LogP contribution >= 0.6 is 0 Å². The fraction of sp³-hybridized carbons (Fsp3) is 0.571. The summed E-state index contributed by atoms with van der Waals surface area (Å²) in [6.45, 7) is 0. The highest BCUT2D eigenvalue weighted by Crippen LogP contribution is 2.38. The molecule has 0 saturated heterocycles. The zero-order valence-electron chi connectivity index (χ0n) is 11.5. The molecule has 1 N–H and O–H groups in total. The maximum absolute atomic E-state index is 13.7. The van der Waals surface area contributed by atoms with Gasteiger partial charge in [0.25, 0.3) is 0 Å². The minimum absolute atomic E-state index is 0.193. The topological polar surface area (TPSA) is 54.4 Å². The lowest BCUT2D eigenvalue weighted by Crippen LogP contribution is -2.30. The van der Waals surface area contributed by atoms with Crippen LogP contribution in [0.1, 0.15) is 37.4 Å². The maximum Gasteiger partial charge on any atom is 0.194 e. The quantitative estimate of drug-likeness (QED) is 0.871. The summed E-state index contributed by atoms with van der Waals surface area (Å²) >= 11 is 0. The molecule has 1 aromatic carbocycles. The van der Waals surface area contributed by atoms with Crippen molar-refractivity contribution >= 4 is 9.84 Å². The summed E-state index contributed by atoms with van der Waals surface area (Å²) < 4.78 is 63.0. The van der Waals surface area contributed by atoms with E-state index in [0.717, 1.165) is 18.4 Å². The molecule has 1 fully saturated rings. The summed E-state index contributed by atoms with van der Waals surface area (Å²) in [7, 11) is -3.24. The van der Waals surface area contributed by atoms with E-state index in [9.17, 15) is 26.7 Å². The summed E-state index contributed by atoms with van der Waals surface area (Å²) in [6.07, 6.45) is 1.59. The Labute approximate surface area is 121 Å². The van der Waals surface area contributed by atoms with Gasteiger partial charge in [0.15, 0.2) is 17.5 Å². The fourth-order valence-electron chi connectivity index (χ4n) is 2.88. The van der Waals surface area contributed by atoms with Crippen LogP contribution in [0.25, 0.3) is 0 Å². The van der Waals surface area contributed by atoms with Gasteiger partial charge in [-0.05, 0) is 31.2 Å². The van der Waals surface area contributed by atoms with Crippen molar-refractivity contribution in [1.29, 1.82) is 0 Å². The predicted molar refractivity (Wildman–Crippen MR) is 71.9 cm³/mol. The molecular weight excluding hydrogens is 305 g/mol. The van der Waals surface area contributed by atoms with Crippen molar-refractivity contribution in [3.63, 3.8) is 0 Å². The molecular formula is C14H17F3O3S. The van der Waals surface area contributed by atoms with Gasteiger partial charge in [-0.3, -0.25) is 0 Å². The second-order valence-corrected chi connectivity index (χ2v) is 7.91. The van der Waals surface area contributed by atoms with Gasteiger partial charge in [-0.1, -0.05) is 12.5 Å². The minimum Gasteiger partial charge on any atom is -0.388 e. The molecule has 3 atom stereocenters. The summed E-state index contributed by atoms with van der Waals surface area (Å²) in [5.74, 6) is -4.84. The lowest BCUT2D eigenvalue weighted by molar-refractivity contribution is 0.0816. The van der Waals surface area contributed by atoms with Crippen molar-refractivity contribution in [1.82, 2.24) is 0 Å². The molecule has 1 aliphatic rings. The Balaban J connectivity index is 2.24. The van der Waals surface area contributed by atoms with Crippen molar-refractivity contribution in [2.24, 2.45) is 5.92 Å². The Morgan fingerprint density at radius 2 is 1.86 bits per heavy atom. The third-order valence-electron chi connectivity index (χ3n) is 4.10. The van der Waals surface area contributed by atoms with E-state index in [2.05, 4.69) is 0 Å². The van der Waals surface area contributed by atoms with Crippen LogP contribution in [0.3, 0.4) is 0 Å². The van der Waals surface area contributed by atoms with Crippen molar-refractivity contribution in [3.8, 4) is 0 Å². The van der Waals surface area contributed by atoms with E-state index >= 15 is 0 Å². The number of sulfone groups is 1. The number of aliphatic hydroxyl groups excluding tert-OH is 1. The average molecular weight is 322 g/mol. The number of aliphatic hydroxyl groups is 1. The first-order valence-electron chi connectivity index (χ1n) is 6.72. The Bertz CT molecular complexity index is 631. The number of rotatable bonds is 3. The minimum atomic E-state index is -3.24. The number of halogens is 3. The first-order valence-corrected chi connectivity index (χ1v) is 8.67. The summed E-state index contributed by atoms with van der Waals surface area (Å²) in [4.78, 5) is 0. The lowest BCUT2D eigenvalue weighted by atomic mass is 9.82. The van der Waals surface area contributed by atoms with Crippen LogP contribution in [0.5, 0.6) is 0 Å². The molecule has 0 amide bonds. The lowest BCUT2D eigenvalue weighted by Gasteiger charge is -2.31. The highest BCUT2D eigenvalue weighted by atomic mass is 32.2. The van der Waals surface area contributed by atoms with Crippen LogP contribution in [-0.2, 0) is 9.84 Å². The normalized spacial score (nSPS) is 24.8. The van der Waals surface area contributed by atoms with E-state index in [1.54, 1.807) is 0 Å². The van der Waals surface area contributed by atoms with Gasteiger partial charge in [0, 0.05) is 11.8 Å². The monoisotopic (exact) mass is 322 g/mol. The first-order chi connectivity index (χ1) is 9.71. The van der Waals surface area contributed by atoms with Crippen molar-refractivity contribution in [2.75, 3.05) is 6.26 Å². The van der Waals surface area contributed by atoms with Gasteiger partial charge >= 0.3 is 0 Å². The molecule has 1 aromatic rings. The van der Waals surface area contributed by atoms with E-state index in [0.29, 0.717) is 19.3 Å². The van der Waals surface area contributed by atoms with Crippen molar-refractivity contribution in [2.45, 2.75) is 37.0 Å². The number of hydrogen-bond acceptors (Lipinski definition) is 3. The SMILES string of the molecule is CS(=O)(=O)C1CCCC(C(O)c2ccc(F)c(F)c2F)C1. The highest BCUT2D eigenvalue weighted by molar-refractivity contribution is 7.91. The van der Waals surface area contributed by atoms with Gasteiger partial charge in [-0.2, -0.15) is 0 Å². The standard InChI is InChI=1S/C14H17F3O3S/c1-21(19,20)9-4-2-3-8(7-9)14(18)10-5-6-11(15)13(17)12(10)16/h5-6,8-9,14,18H,2-4,7H2,1H3. The van der Waals surface area contributed by atoms with Crippen molar-refractivity contribution < 1.29 is 26.7 Å². The molecule has 21 heavy (non-hydrogen) atoms. The van der Waals surface area contributed by atoms with Gasteiger partial charge in [0.2, 0.25) is 0 Å². The second kappa shape index (κ2) is 5.96. The molecule has 0 spiro atoms. The Morgan fingerprint density at radius 3 is 2.48 bits per heavy atom. The third kappa shape index (κ3) is 3.40. The Hall–Kier alpha value is -1.08. The zero-order valence-corrected chi connectivity index (χ0v) is 12.3. The second-order valence-electron chi connectivity index (χ2n) is 5.59. The average Bonchev–Trinajstić information content (AvgIpc) is 2.43. The van der Waals surface area contributed by atoms with Gasteiger partial charge in [0.1, 0.15) is 9.84 Å². The van der Waals surface area contributed by atoms with Gasteiger partial charge in [0.05, 0.1) is 11.4 Å². The summed E-state index contributed by atoms with van der Waals surface area (Å²) in [5.41, 5.74) is -0.326. The van der Waals surface area contributed by atoms with Crippen LogP contribution < -0.4 is 0 Å². The van der Waals surface area contributed by atoms with Crippen LogP contribution in [-0.4, -0.2) is 25.0 Å². The van der Waals surface area contributed by atoms with E-state index in [-0.39, 0.29) is 12.0 Å². The molecule has 2 rings (SSSR count). The molecule has 7 heteroatoms. The smallest absolute Gasteiger partial charge is 0.194 e. The Morgan fingerprint density at radius 1 is 1.19 bits per heavy atom. The van der Waals surface area contributed by atoms with Gasteiger partial charge in [-0.15, -0.1) is 0 Å². The Kier molecular flexibility index (Phi) is 4.63. The molecule has 3 nitrogen and oxygen atoms in total. The molecule has 1 aliphatic carbocycles. The number of benzene rings is 1. The fourth-order valence-corrected chi connectivity index (χ4v) is 4.07. The molecule has 1 saturated carbocycles. The van der Waals surface area contributed by atoms with Crippen LogP contribution in [0, 0.1) is 23.4 Å². The predicted octanol–water partition coefficient (Wildman–Crippen LogP) is 2.74. The molecule has 0 aromatic heterocycles. The van der Waals surface area contributed by atoms with E-state index in [1.807, 2.05) is 0 Å². The highest BCUT2D eigenvalue weighted by Gasteiger charge is 2.34. The van der Waals surface area contributed by atoms with E-state index in [1.165, 1.54) is 0 Å². The molecule has 0 radical (unpaired) electrons. The van der Waals surface area contributed by atoms with Crippen LogP contribution in [0.2, 0.25) is 0 Å². The molecule has 0 aliphatic heterocycles. The molecule has 0 bridgehead atoms. The number of hydrogen-bond donors (Lipinski definition) is 1. The van der Waals surface area contributed by atoms with Gasteiger partial charge < -0.3 is 5.11 Å². The summed E-state index contributed by atoms with van der Waals surface area (Å²) in [6, 6.07) is 1.76. The van der Waals surface area contributed by atoms with Gasteiger partial charge in [-0.25, -0.2) is 21.6 Å². The zero-order chi connectivity index (χ0) is 15.8. The van der Waals surface area contributed by atoms with E-state index < -0.39 is 44.6 Å². The maximum atomic E-state index is 13.7. The first kappa shape index (κ1) is 16.3.